The number of hydrogen-bond acceptors (Lipinski definition) is 7. The van der Waals surface area contributed by atoms with Crippen LogP contribution in [0.15, 0.2) is 53.6 Å². The van der Waals surface area contributed by atoms with Crippen molar-refractivity contribution in [3.05, 3.63) is 75.6 Å². The number of anilines is 2. The van der Waals surface area contributed by atoms with E-state index in [9.17, 15) is 4.79 Å². The molecule has 1 atom stereocenters. The van der Waals surface area contributed by atoms with Crippen molar-refractivity contribution in [2.75, 3.05) is 11.1 Å². The van der Waals surface area contributed by atoms with Crippen LogP contribution in [0.4, 0.5) is 11.8 Å². The molecule has 32 heavy (non-hydrogen) atoms. The number of aryl methyl sites for hydroxylation is 1. The van der Waals surface area contributed by atoms with Crippen LogP contribution in [-0.4, -0.2) is 29.5 Å². The Bertz CT molecular complexity index is 1540. The van der Waals surface area contributed by atoms with Crippen LogP contribution in [-0.2, 0) is 0 Å². The second-order valence-electron chi connectivity index (χ2n) is 7.43. The Hall–Kier alpha value is -3.98. The average Bonchev–Trinajstić information content (AvgIpc) is 3.23. The SMILES string of the molecule is Cc1ccccc1-n1c(C(C)Nc2nc(N)nc3nc[nH]c23)nc2cccc(Cl)c2c1=O. The molecule has 2 aromatic carbocycles. The van der Waals surface area contributed by atoms with E-state index in [0.29, 0.717) is 38.7 Å². The van der Waals surface area contributed by atoms with Crippen molar-refractivity contribution in [2.24, 2.45) is 0 Å². The Balaban J connectivity index is 1.74. The van der Waals surface area contributed by atoms with Crippen molar-refractivity contribution in [1.29, 1.82) is 0 Å². The van der Waals surface area contributed by atoms with E-state index in [1.807, 2.05) is 38.1 Å². The van der Waals surface area contributed by atoms with E-state index >= 15 is 0 Å². The van der Waals surface area contributed by atoms with Gasteiger partial charge in [0.2, 0.25) is 5.95 Å². The number of aromatic amines is 1. The molecule has 5 rings (SSSR count). The highest BCUT2D eigenvalue weighted by molar-refractivity contribution is 6.35. The normalized spacial score (nSPS) is 12.3. The van der Waals surface area contributed by atoms with Crippen LogP contribution in [0.5, 0.6) is 0 Å². The van der Waals surface area contributed by atoms with E-state index in [1.54, 1.807) is 22.8 Å². The summed E-state index contributed by atoms with van der Waals surface area (Å²) in [7, 11) is 0. The van der Waals surface area contributed by atoms with Gasteiger partial charge in [-0.25, -0.2) is 9.97 Å². The maximum Gasteiger partial charge on any atom is 0.267 e. The number of hydrogen-bond donors (Lipinski definition) is 3. The predicted molar refractivity (Wildman–Crippen MR) is 125 cm³/mol. The van der Waals surface area contributed by atoms with Gasteiger partial charge in [0.1, 0.15) is 11.3 Å². The van der Waals surface area contributed by atoms with Gasteiger partial charge in [-0.2, -0.15) is 9.97 Å². The number of fused-ring (bicyclic) bond motifs is 2. The zero-order valence-electron chi connectivity index (χ0n) is 17.3. The van der Waals surface area contributed by atoms with E-state index in [0.717, 1.165) is 11.3 Å². The number of nitrogens with one attached hydrogen (secondary N) is 2. The van der Waals surface area contributed by atoms with Gasteiger partial charge in [-0.3, -0.25) is 9.36 Å². The fourth-order valence-corrected chi connectivity index (χ4v) is 4.02. The molecule has 5 aromatic rings. The molecule has 4 N–H and O–H groups in total. The quantitative estimate of drug-likeness (QED) is 0.383. The molecule has 0 radical (unpaired) electrons. The topological polar surface area (TPSA) is 127 Å². The number of halogens is 1. The number of benzene rings is 2. The molecule has 3 aromatic heterocycles. The number of H-pyrrole nitrogens is 1. The zero-order chi connectivity index (χ0) is 22.4. The largest absolute Gasteiger partial charge is 0.368 e. The number of nitrogens with zero attached hydrogens (tertiary/aromatic N) is 5. The molecule has 0 amide bonds. The van der Waals surface area contributed by atoms with Crippen LogP contribution in [0, 0.1) is 6.92 Å². The number of nitrogen functional groups attached to an aromatic ring is 1. The minimum atomic E-state index is -0.425. The Morgan fingerprint density at radius 3 is 2.75 bits per heavy atom. The molecule has 9 nitrogen and oxygen atoms in total. The fraction of sp³-hybridized carbons (Fsp3) is 0.136. The summed E-state index contributed by atoms with van der Waals surface area (Å²) in [4.78, 5) is 34.1. The maximum absolute atomic E-state index is 13.7. The summed E-state index contributed by atoms with van der Waals surface area (Å²) in [6.45, 7) is 3.84. The monoisotopic (exact) mass is 446 g/mol. The van der Waals surface area contributed by atoms with Gasteiger partial charge >= 0.3 is 0 Å². The average molecular weight is 447 g/mol. The minimum absolute atomic E-state index is 0.0915. The second-order valence-corrected chi connectivity index (χ2v) is 7.84. The second kappa shape index (κ2) is 7.61. The van der Waals surface area contributed by atoms with Gasteiger partial charge in [-0.1, -0.05) is 35.9 Å². The molecule has 0 saturated carbocycles. The van der Waals surface area contributed by atoms with Crippen LogP contribution < -0.4 is 16.6 Å². The smallest absolute Gasteiger partial charge is 0.267 e. The number of nitrogens with two attached hydrogens (primary N) is 1. The molecule has 0 bridgehead atoms. The number of rotatable bonds is 4. The van der Waals surface area contributed by atoms with Crippen LogP contribution >= 0.6 is 11.6 Å². The molecular weight excluding hydrogens is 428 g/mol. The lowest BCUT2D eigenvalue weighted by Crippen LogP contribution is -2.28. The molecule has 0 aliphatic rings. The van der Waals surface area contributed by atoms with E-state index < -0.39 is 6.04 Å². The first kappa shape index (κ1) is 20.0. The van der Waals surface area contributed by atoms with Gasteiger partial charge < -0.3 is 16.0 Å². The van der Waals surface area contributed by atoms with E-state index in [2.05, 4.69) is 25.3 Å². The summed E-state index contributed by atoms with van der Waals surface area (Å²) in [5.41, 5.74) is 8.84. The molecule has 0 aliphatic carbocycles. The predicted octanol–water partition coefficient (Wildman–Crippen LogP) is 3.77. The number of para-hydroxylation sites is 1. The van der Waals surface area contributed by atoms with Gasteiger partial charge in [-0.15, -0.1) is 0 Å². The van der Waals surface area contributed by atoms with E-state index in [-0.39, 0.29) is 11.5 Å². The molecular formula is C22H19ClN8O. The molecule has 160 valence electrons. The minimum Gasteiger partial charge on any atom is -0.368 e. The number of imidazole rings is 1. The van der Waals surface area contributed by atoms with Crippen molar-refractivity contribution in [1.82, 2.24) is 29.5 Å². The first-order chi connectivity index (χ1) is 15.4. The Morgan fingerprint density at radius 1 is 1.12 bits per heavy atom. The highest BCUT2D eigenvalue weighted by atomic mass is 35.5. The van der Waals surface area contributed by atoms with Crippen LogP contribution in [0.25, 0.3) is 27.8 Å². The molecule has 0 aliphatic heterocycles. The molecule has 0 fully saturated rings. The van der Waals surface area contributed by atoms with Gasteiger partial charge in [0.15, 0.2) is 11.5 Å². The Morgan fingerprint density at radius 2 is 1.94 bits per heavy atom. The van der Waals surface area contributed by atoms with Gasteiger partial charge in [-0.05, 0) is 37.6 Å². The third kappa shape index (κ3) is 3.23. The van der Waals surface area contributed by atoms with Crippen molar-refractivity contribution in [2.45, 2.75) is 19.9 Å². The maximum atomic E-state index is 13.7. The van der Waals surface area contributed by atoms with Crippen molar-refractivity contribution in [3.8, 4) is 5.69 Å². The van der Waals surface area contributed by atoms with Crippen LogP contribution in [0.1, 0.15) is 24.4 Å². The summed E-state index contributed by atoms with van der Waals surface area (Å²) in [5.74, 6) is 1.06. The zero-order valence-corrected chi connectivity index (χ0v) is 18.1. The van der Waals surface area contributed by atoms with Crippen molar-refractivity contribution < 1.29 is 0 Å². The molecule has 0 spiro atoms. The van der Waals surface area contributed by atoms with Crippen LogP contribution in [0.2, 0.25) is 5.02 Å². The van der Waals surface area contributed by atoms with Crippen LogP contribution in [0.3, 0.4) is 0 Å². The summed E-state index contributed by atoms with van der Waals surface area (Å²) in [5, 5.41) is 4.04. The Kier molecular flexibility index (Phi) is 4.75. The highest BCUT2D eigenvalue weighted by Crippen LogP contribution is 2.27. The molecule has 0 saturated heterocycles. The first-order valence-electron chi connectivity index (χ1n) is 9.94. The summed E-state index contributed by atoms with van der Waals surface area (Å²) >= 11 is 6.38. The van der Waals surface area contributed by atoms with Crippen molar-refractivity contribution >= 4 is 45.4 Å². The lowest BCUT2D eigenvalue weighted by molar-refractivity contribution is 0.730. The molecule has 3 heterocycles. The van der Waals surface area contributed by atoms with E-state index in [1.165, 1.54) is 6.33 Å². The van der Waals surface area contributed by atoms with Gasteiger partial charge in [0, 0.05) is 0 Å². The third-order valence-corrected chi connectivity index (χ3v) is 5.59. The van der Waals surface area contributed by atoms with Crippen molar-refractivity contribution in [3.63, 3.8) is 0 Å². The fourth-order valence-electron chi connectivity index (χ4n) is 3.77. The molecule has 10 heteroatoms. The number of aromatic nitrogens is 6. The third-order valence-electron chi connectivity index (χ3n) is 5.27. The molecule has 1 unspecified atom stereocenters. The standard InChI is InChI=1S/C22H19ClN8O/c1-11-6-3-4-9-15(11)31-20(28-14-8-5-7-13(23)16(14)21(31)32)12(2)27-19-17-18(26-10-25-17)29-22(24)30-19/h3-10,12H,1-2H3,(H4,24,25,26,27,29,30). The summed E-state index contributed by atoms with van der Waals surface area (Å²) in [6.07, 6.45) is 1.52. The lowest BCUT2D eigenvalue weighted by atomic mass is 10.1. The van der Waals surface area contributed by atoms with E-state index in [4.69, 9.17) is 22.3 Å². The van der Waals surface area contributed by atoms with Gasteiger partial charge in [0.05, 0.1) is 34.0 Å². The lowest BCUT2D eigenvalue weighted by Gasteiger charge is -2.21. The summed E-state index contributed by atoms with van der Waals surface area (Å²) < 4.78 is 1.59. The van der Waals surface area contributed by atoms with Gasteiger partial charge in [0.25, 0.3) is 5.56 Å². The Labute approximate surface area is 187 Å². The highest BCUT2D eigenvalue weighted by Gasteiger charge is 2.21. The summed E-state index contributed by atoms with van der Waals surface area (Å²) in [6, 6.07) is 12.4. The first-order valence-corrected chi connectivity index (χ1v) is 10.3.